The maximum atomic E-state index is 11.3. The Labute approximate surface area is 105 Å². The number of ether oxygens (including phenoxy) is 1. The summed E-state index contributed by atoms with van der Waals surface area (Å²) in [6.45, 7) is 0. The molecule has 1 fully saturated rings. The molecule has 0 unspecified atom stereocenters. The number of hydrogen-bond donors (Lipinski definition) is 0. The molecular weight excluding hydrogens is 238 g/mol. The lowest BCUT2D eigenvalue weighted by Crippen LogP contribution is -2.13. The summed E-state index contributed by atoms with van der Waals surface area (Å²) in [7, 11) is 3.39. The van der Waals surface area contributed by atoms with Gasteiger partial charge in [0, 0.05) is 7.05 Å². The van der Waals surface area contributed by atoms with E-state index in [1.54, 1.807) is 6.33 Å². The monoisotopic (exact) mass is 255 g/mol. The van der Waals surface area contributed by atoms with Crippen LogP contribution in [0.4, 0.5) is 0 Å². The number of aryl methyl sites for hydroxylation is 1. The summed E-state index contributed by atoms with van der Waals surface area (Å²) >= 11 is 1.82. The zero-order valence-electron chi connectivity index (χ0n) is 10.2. The second-order valence-electron chi connectivity index (χ2n) is 4.60. The molecule has 5 nitrogen and oxygen atoms in total. The van der Waals surface area contributed by atoms with Gasteiger partial charge in [-0.1, -0.05) is 0 Å². The summed E-state index contributed by atoms with van der Waals surface area (Å²) < 4.78 is 6.65. The van der Waals surface area contributed by atoms with Crippen LogP contribution in [0.3, 0.4) is 0 Å². The molecule has 17 heavy (non-hydrogen) atoms. The molecule has 0 spiro atoms. The van der Waals surface area contributed by atoms with Crippen molar-refractivity contribution in [2.45, 2.75) is 25.0 Å². The number of carbonyl (C=O) groups excluding carboxylic acids is 1. The molecule has 0 saturated heterocycles. The van der Waals surface area contributed by atoms with Gasteiger partial charge < -0.3 is 9.30 Å². The predicted molar refractivity (Wildman–Crippen MR) is 65.5 cm³/mol. The molecule has 0 atom stereocenters. The Balaban J connectivity index is 1.75. The van der Waals surface area contributed by atoms with Crippen LogP contribution in [0.2, 0.25) is 0 Å². The predicted octanol–water partition coefficient (Wildman–Crippen LogP) is 1.39. The summed E-state index contributed by atoms with van der Waals surface area (Å²) in [4.78, 5) is 11.3. The zero-order chi connectivity index (χ0) is 12.3. The molecule has 0 N–H and O–H groups in total. The number of carbonyl (C=O) groups is 1. The third-order valence-corrected chi connectivity index (χ3v) is 4.43. The molecule has 94 valence electrons. The average molecular weight is 255 g/mol. The Morgan fingerprint density at radius 3 is 2.94 bits per heavy atom. The van der Waals surface area contributed by atoms with E-state index in [-0.39, 0.29) is 11.4 Å². The first-order chi connectivity index (χ1) is 8.15. The van der Waals surface area contributed by atoms with E-state index in [0.717, 1.165) is 30.2 Å². The number of hydrogen-bond acceptors (Lipinski definition) is 5. The van der Waals surface area contributed by atoms with Crippen LogP contribution in [0, 0.1) is 5.41 Å². The SMILES string of the molecule is COC(=O)CC1(CSCc2nncn2C)CC1. The second-order valence-corrected chi connectivity index (χ2v) is 5.59. The fraction of sp³-hybridized carbons (Fsp3) is 0.727. The van der Waals surface area contributed by atoms with Crippen molar-refractivity contribution in [1.29, 1.82) is 0 Å². The molecule has 0 amide bonds. The Bertz CT molecular complexity index is 401. The van der Waals surface area contributed by atoms with E-state index in [4.69, 9.17) is 4.74 Å². The van der Waals surface area contributed by atoms with Crippen LogP contribution in [-0.4, -0.2) is 33.6 Å². The highest BCUT2D eigenvalue weighted by Crippen LogP contribution is 2.51. The standard InChI is InChI=1S/C11H17N3O2S/c1-14-8-12-13-9(14)6-17-7-11(3-4-11)5-10(15)16-2/h8H,3-7H2,1-2H3. The van der Waals surface area contributed by atoms with E-state index in [1.165, 1.54) is 7.11 Å². The third-order valence-electron chi connectivity index (χ3n) is 3.15. The molecule has 1 saturated carbocycles. The van der Waals surface area contributed by atoms with Crippen LogP contribution in [0.5, 0.6) is 0 Å². The van der Waals surface area contributed by atoms with Gasteiger partial charge in [-0.3, -0.25) is 4.79 Å². The minimum Gasteiger partial charge on any atom is -0.469 e. The van der Waals surface area contributed by atoms with Gasteiger partial charge in [0.25, 0.3) is 0 Å². The molecule has 1 aromatic rings. The maximum Gasteiger partial charge on any atom is 0.306 e. The van der Waals surface area contributed by atoms with E-state index >= 15 is 0 Å². The van der Waals surface area contributed by atoms with Gasteiger partial charge in [0.1, 0.15) is 12.2 Å². The van der Waals surface area contributed by atoms with Gasteiger partial charge in [0.15, 0.2) is 0 Å². The van der Waals surface area contributed by atoms with Crippen LogP contribution < -0.4 is 0 Å². The molecule has 2 rings (SSSR count). The molecule has 1 aliphatic rings. The smallest absolute Gasteiger partial charge is 0.306 e. The van der Waals surface area contributed by atoms with Crippen LogP contribution in [0.1, 0.15) is 25.1 Å². The van der Waals surface area contributed by atoms with Crippen molar-refractivity contribution in [2.24, 2.45) is 12.5 Å². The fourth-order valence-corrected chi connectivity index (χ4v) is 3.09. The lowest BCUT2D eigenvalue weighted by atomic mass is 10.1. The topological polar surface area (TPSA) is 57.0 Å². The van der Waals surface area contributed by atoms with Crippen LogP contribution >= 0.6 is 11.8 Å². The minimum absolute atomic E-state index is 0.0956. The van der Waals surface area contributed by atoms with Gasteiger partial charge in [-0.25, -0.2) is 0 Å². The van der Waals surface area contributed by atoms with Crippen LogP contribution in [0.15, 0.2) is 6.33 Å². The van der Waals surface area contributed by atoms with Crippen molar-refractivity contribution in [3.8, 4) is 0 Å². The molecule has 0 aliphatic heterocycles. The quantitative estimate of drug-likeness (QED) is 0.719. The number of rotatable bonds is 6. The van der Waals surface area contributed by atoms with Gasteiger partial charge >= 0.3 is 5.97 Å². The van der Waals surface area contributed by atoms with Gasteiger partial charge in [-0.05, 0) is 24.0 Å². The van der Waals surface area contributed by atoms with Crippen molar-refractivity contribution in [3.05, 3.63) is 12.2 Å². The van der Waals surface area contributed by atoms with E-state index in [9.17, 15) is 4.79 Å². The number of nitrogens with zero attached hydrogens (tertiary/aromatic N) is 3. The van der Waals surface area contributed by atoms with Crippen LogP contribution in [-0.2, 0) is 22.3 Å². The van der Waals surface area contributed by atoms with Crippen molar-refractivity contribution in [3.63, 3.8) is 0 Å². The molecule has 0 bridgehead atoms. The normalized spacial score (nSPS) is 16.8. The molecule has 6 heteroatoms. The first-order valence-electron chi connectivity index (χ1n) is 5.63. The molecular formula is C11H17N3O2S. The number of thioether (sulfide) groups is 1. The lowest BCUT2D eigenvalue weighted by molar-refractivity contribution is -0.141. The summed E-state index contributed by atoms with van der Waals surface area (Å²) in [5.41, 5.74) is 0.191. The van der Waals surface area contributed by atoms with Gasteiger partial charge in [0.05, 0.1) is 19.3 Å². The minimum atomic E-state index is -0.0956. The first kappa shape index (κ1) is 12.4. The highest BCUT2D eigenvalue weighted by molar-refractivity contribution is 7.98. The number of aromatic nitrogens is 3. The largest absolute Gasteiger partial charge is 0.469 e. The lowest BCUT2D eigenvalue weighted by Gasteiger charge is -2.12. The van der Waals surface area contributed by atoms with Crippen LogP contribution in [0.25, 0.3) is 0 Å². The van der Waals surface area contributed by atoms with Crippen molar-refractivity contribution in [2.75, 3.05) is 12.9 Å². The van der Waals surface area contributed by atoms with E-state index in [2.05, 4.69) is 10.2 Å². The second kappa shape index (κ2) is 5.08. The fourth-order valence-electron chi connectivity index (χ4n) is 1.72. The summed E-state index contributed by atoms with van der Waals surface area (Å²) in [5.74, 6) is 2.72. The first-order valence-corrected chi connectivity index (χ1v) is 6.78. The van der Waals surface area contributed by atoms with E-state index < -0.39 is 0 Å². The third kappa shape index (κ3) is 3.21. The van der Waals surface area contributed by atoms with Crippen molar-refractivity contribution >= 4 is 17.7 Å². The summed E-state index contributed by atoms with van der Waals surface area (Å²) in [6.07, 6.45) is 4.52. The zero-order valence-corrected chi connectivity index (χ0v) is 11.0. The molecule has 0 radical (unpaired) electrons. The molecule has 1 heterocycles. The highest BCUT2D eigenvalue weighted by Gasteiger charge is 2.44. The number of esters is 1. The molecule has 1 aromatic heterocycles. The Hall–Kier alpha value is -1.04. The van der Waals surface area contributed by atoms with Gasteiger partial charge in [-0.2, -0.15) is 11.8 Å². The Morgan fingerprint density at radius 1 is 1.65 bits per heavy atom. The average Bonchev–Trinajstić information content (AvgIpc) is 2.95. The maximum absolute atomic E-state index is 11.3. The van der Waals surface area contributed by atoms with E-state index in [1.807, 2.05) is 23.4 Å². The van der Waals surface area contributed by atoms with Crippen molar-refractivity contribution in [1.82, 2.24) is 14.8 Å². The molecule has 1 aliphatic carbocycles. The number of methoxy groups -OCH3 is 1. The van der Waals surface area contributed by atoms with Gasteiger partial charge in [-0.15, -0.1) is 10.2 Å². The Kier molecular flexibility index (Phi) is 3.71. The summed E-state index contributed by atoms with van der Waals surface area (Å²) in [5, 5.41) is 7.87. The van der Waals surface area contributed by atoms with E-state index in [0.29, 0.717) is 6.42 Å². The van der Waals surface area contributed by atoms with Gasteiger partial charge in [0.2, 0.25) is 0 Å². The van der Waals surface area contributed by atoms with Crippen molar-refractivity contribution < 1.29 is 9.53 Å². The molecule has 0 aromatic carbocycles. The highest BCUT2D eigenvalue weighted by atomic mass is 32.2. The Morgan fingerprint density at radius 2 is 2.41 bits per heavy atom. The summed E-state index contributed by atoms with van der Waals surface area (Å²) in [6, 6.07) is 0.